The largest absolute Gasteiger partial charge is 0.357 e. The molecular weight excluding hydrogens is 326 g/mol. The zero-order valence-electron chi connectivity index (χ0n) is 16.7. The molecule has 0 fully saturated rings. The van der Waals surface area contributed by atoms with Gasteiger partial charge in [0.1, 0.15) is 0 Å². The second-order valence-electron chi connectivity index (χ2n) is 8.01. The van der Waals surface area contributed by atoms with Gasteiger partial charge >= 0.3 is 0 Å². The van der Waals surface area contributed by atoms with Gasteiger partial charge in [0, 0.05) is 44.2 Å². The normalized spacial score (nSPS) is 17.7. The van der Waals surface area contributed by atoms with Gasteiger partial charge in [-0.3, -0.25) is 9.79 Å². The Labute approximate surface area is 157 Å². The van der Waals surface area contributed by atoms with E-state index >= 15 is 0 Å². The van der Waals surface area contributed by atoms with Crippen LogP contribution in [0, 0.1) is 5.41 Å². The number of nitrogens with zero attached hydrogens (tertiary/aromatic N) is 2. The minimum Gasteiger partial charge on any atom is -0.357 e. The van der Waals surface area contributed by atoms with Crippen molar-refractivity contribution >= 4 is 17.6 Å². The molecule has 1 aliphatic heterocycles. The van der Waals surface area contributed by atoms with Crippen LogP contribution in [0.15, 0.2) is 29.3 Å². The van der Waals surface area contributed by atoms with Crippen LogP contribution in [-0.2, 0) is 4.79 Å². The maximum Gasteiger partial charge on any atom is 0.225 e. The van der Waals surface area contributed by atoms with E-state index in [1.807, 2.05) is 18.2 Å². The number of fused-ring (bicyclic) bond motifs is 1. The average Bonchev–Trinajstić information content (AvgIpc) is 2.56. The van der Waals surface area contributed by atoms with E-state index in [1.165, 1.54) is 5.56 Å². The summed E-state index contributed by atoms with van der Waals surface area (Å²) < 4.78 is 0. The maximum absolute atomic E-state index is 12.0. The molecule has 2 rings (SSSR count). The second kappa shape index (κ2) is 9.03. The average molecular weight is 360 g/mol. The first-order valence-corrected chi connectivity index (χ1v) is 9.36. The summed E-state index contributed by atoms with van der Waals surface area (Å²) in [5.74, 6) is 1.03. The smallest absolute Gasteiger partial charge is 0.225 e. The molecule has 144 valence electrons. The number of rotatable bonds is 7. The molecule has 1 aromatic carbocycles. The Morgan fingerprint density at radius 2 is 2.04 bits per heavy atom. The summed E-state index contributed by atoms with van der Waals surface area (Å²) in [6.07, 6.45) is 0.496. The number of anilines is 1. The summed E-state index contributed by atoms with van der Waals surface area (Å²) in [6.45, 7) is 9.72. The summed E-state index contributed by atoms with van der Waals surface area (Å²) in [6, 6.07) is 8.02. The van der Waals surface area contributed by atoms with E-state index < -0.39 is 0 Å². The van der Waals surface area contributed by atoms with Gasteiger partial charge in [-0.1, -0.05) is 32.0 Å². The number of hydrogen-bond donors (Lipinski definition) is 3. The van der Waals surface area contributed by atoms with Crippen molar-refractivity contribution < 1.29 is 4.79 Å². The number of nitrogens with one attached hydrogen (secondary N) is 3. The van der Waals surface area contributed by atoms with E-state index in [-0.39, 0.29) is 17.2 Å². The minimum atomic E-state index is 0.0737. The molecule has 1 unspecified atom stereocenters. The number of carbonyl (C=O) groups excluding carboxylic acids is 1. The Morgan fingerprint density at radius 3 is 2.73 bits per heavy atom. The van der Waals surface area contributed by atoms with E-state index in [2.05, 4.69) is 61.8 Å². The molecule has 0 saturated carbocycles. The molecule has 1 amide bonds. The third-order valence-corrected chi connectivity index (χ3v) is 4.38. The summed E-state index contributed by atoms with van der Waals surface area (Å²) in [4.78, 5) is 18.9. The molecule has 6 nitrogen and oxygen atoms in total. The fourth-order valence-electron chi connectivity index (χ4n) is 3.44. The third kappa shape index (κ3) is 6.02. The number of aliphatic imine (C=N–C) groups is 1. The molecule has 1 aromatic rings. The maximum atomic E-state index is 12.0. The first-order valence-electron chi connectivity index (χ1n) is 9.36. The van der Waals surface area contributed by atoms with Crippen LogP contribution >= 0.6 is 0 Å². The molecule has 1 atom stereocenters. The topological polar surface area (TPSA) is 68.8 Å². The van der Waals surface area contributed by atoms with Gasteiger partial charge in [0.25, 0.3) is 0 Å². The van der Waals surface area contributed by atoms with Crippen LogP contribution in [0.4, 0.5) is 5.69 Å². The number of benzene rings is 1. The third-order valence-electron chi connectivity index (χ3n) is 4.38. The van der Waals surface area contributed by atoms with Crippen LogP contribution in [0.25, 0.3) is 0 Å². The van der Waals surface area contributed by atoms with Crippen molar-refractivity contribution in [1.82, 2.24) is 15.5 Å². The lowest BCUT2D eigenvalue weighted by Gasteiger charge is -2.28. The number of hydrogen-bond acceptors (Lipinski definition) is 3. The number of guanidine groups is 1. The van der Waals surface area contributed by atoms with Crippen LogP contribution in [0.2, 0.25) is 0 Å². The predicted molar refractivity (Wildman–Crippen MR) is 109 cm³/mol. The van der Waals surface area contributed by atoms with Gasteiger partial charge < -0.3 is 20.9 Å². The number of carbonyl (C=O) groups is 1. The molecule has 26 heavy (non-hydrogen) atoms. The van der Waals surface area contributed by atoms with Crippen LogP contribution in [0.3, 0.4) is 0 Å². The molecule has 0 bridgehead atoms. The molecule has 3 N–H and O–H groups in total. The van der Waals surface area contributed by atoms with Gasteiger partial charge in [0.2, 0.25) is 5.91 Å². The van der Waals surface area contributed by atoms with Crippen molar-refractivity contribution in [2.24, 2.45) is 10.4 Å². The highest BCUT2D eigenvalue weighted by Gasteiger charge is 2.25. The highest BCUT2D eigenvalue weighted by atomic mass is 16.1. The predicted octanol–water partition coefficient (Wildman–Crippen LogP) is 2.26. The lowest BCUT2D eigenvalue weighted by molar-refractivity contribution is -0.116. The molecule has 0 aromatic heterocycles. The highest BCUT2D eigenvalue weighted by molar-refractivity contribution is 5.94. The Balaban J connectivity index is 2.02. The van der Waals surface area contributed by atoms with Gasteiger partial charge in [-0.25, -0.2) is 0 Å². The molecular formula is C20H33N5O. The first kappa shape index (κ1) is 20.2. The summed E-state index contributed by atoms with van der Waals surface area (Å²) in [5.41, 5.74) is 2.20. The quantitative estimate of drug-likeness (QED) is 0.516. The monoisotopic (exact) mass is 359 g/mol. The zero-order valence-corrected chi connectivity index (χ0v) is 16.7. The van der Waals surface area contributed by atoms with Gasteiger partial charge in [-0.05, 0) is 38.1 Å². The zero-order chi connectivity index (χ0) is 19.2. The Hall–Kier alpha value is -2.08. The fourth-order valence-corrected chi connectivity index (χ4v) is 3.44. The SMILES string of the molecule is CCNC(=NCC(C)(C)CN(C)C)NCC1CC(=O)Nc2ccccc21. The number of amides is 1. The highest BCUT2D eigenvalue weighted by Crippen LogP contribution is 2.31. The van der Waals surface area contributed by atoms with Crippen molar-refractivity contribution in [3.63, 3.8) is 0 Å². The fraction of sp³-hybridized carbons (Fsp3) is 0.600. The minimum absolute atomic E-state index is 0.0737. The van der Waals surface area contributed by atoms with E-state index in [9.17, 15) is 4.79 Å². The van der Waals surface area contributed by atoms with Crippen molar-refractivity contribution in [2.45, 2.75) is 33.1 Å². The Morgan fingerprint density at radius 1 is 1.31 bits per heavy atom. The van der Waals surface area contributed by atoms with Gasteiger partial charge in [-0.2, -0.15) is 0 Å². The Bertz CT molecular complexity index is 639. The van der Waals surface area contributed by atoms with E-state index in [0.717, 1.165) is 31.3 Å². The first-order chi connectivity index (χ1) is 12.3. The van der Waals surface area contributed by atoms with Crippen molar-refractivity contribution in [3.05, 3.63) is 29.8 Å². The number of para-hydroxylation sites is 1. The van der Waals surface area contributed by atoms with Crippen LogP contribution in [0.1, 0.15) is 38.7 Å². The van der Waals surface area contributed by atoms with Gasteiger partial charge in [0.05, 0.1) is 0 Å². The summed E-state index contributed by atoms with van der Waals surface area (Å²) in [7, 11) is 4.17. The van der Waals surface area contributed by atoms with E-state index in [4.69, 9.17) is 4.99 Å². The molecule has 0 aliphatic carbocycles. The van der Waals surface area contributed by atoms with Crippen LogP contribution in [-0.4, -0.2) is 57.0 Å². The second-order valence-corrected chi connectivity index (χ2v) is 8.01. The molecule has 0 saturated heterocycles. The molecule has 1 heterocycles. The van der Waals surface area contributed by atoms with Crippen LogP contribution < -0.4 is 16.0 Å². The lowest BCUT2D eigenvalue weighted by atomic mass is 9.90. The lowest BCUT2D eigenvalue weighted by Crippen LogP contribution is -2.41. The van der Waals surface area contributed by atoms with Gasteiger partial charge in [0.15, 0.2) is 5.96 Å². The van der Waals surface area contributed by atoms with Crippen molar-refractivity contribution in [3.8, 4) is 0 Å². The molecule has 1 aliphatic rings. The summed E-state index contributed by atoms with van der Waals surface area (Å²) in [5, 5.41) is 9.68. The van der Waals surface area contributed by atoms with E-state index in [0.29, 0.717) is 13.0 Å². The van der Waals surface area contributed by atoms with Gasteiger partial charge in [-0.15, -0.1) is 0 Å². The van der Waals surface area contributed by atoms with Crippen molar-refractivity contribution in [2.75, 3.05) is 45.6 Å². The Kier molecular flexibility index (Phi) is 7.03. The molecule has 0 spiro atoms. The standard InChI is InChI=1S/C20H33N5O/c1-6-21-19(23-13-20(2,3)14-25(4)5)22-12-15-11-18(26)24-17-10-8-7-9-16(15)17/h7-10,15H,6,11-14H2,1-5H3,(H,24,26)(H2,21,22,23). The summed E-state index contributed by atoms with van der Waals surface area (Å²) >= 11 is 0. The van der Waals surface area contributed by atoms with Crippen LogP contribution in [0.5, 0.6) is 0 Å². The molecule has 0 radical (unpaired) electrons. The van der Waals surface area contributed by atoms with Crippen molar-refractivity contribution in [1.29, 1.82) is 0 Å². The molecule has 6 heteroatoms. The van der Waals surface area contributed by atoms with E-state index in [1.54, 1.807) is 0 Å².